The first-order chi connectivity index (χ1) is 3.41. The maximum absolute atomic E-state index is 8.74. The fourth-order valence-corrected chi connectivity index (χ4v) is 0. The lowest BCUT2D eigenvalue weighted by molar-refractivity contribution is 0.381. The first kappa shape index (κ1) is 10.8. The van der Waals surface area contributed by atoms with Crippen molar-refractivity contribution in [1.82, 2.24) is 0 Å². The van der Waals surface area contributed by atoms with E-state index < -0.39 is 10.4 Å². The van der Waals surface area contributed by atoms with E-state index in [1.165, 1.54) is 7.28 Å². The van der Waals surface area contributed by atoms with Gasteiger partial charge in [0, 0.05) is 0 Å². The molecular formula is C2H9BO4S. The minimum atomic E-state index is -4.67. The molecule has 0 aliphatic heterocycles. The Bertz CT molecular complexity index is 108. The smallest absolute Gasteiger partial charge is 0.264 e. The Morgan fingerprint density at radius 2 is 1.25 bits per heavy atom. The molecule has 0 spiro atoms. The van der Waals surface area contributed by atoms with Gasteiger partial charge in [-0.3, -0.25) is 9.11 Å². The van der Waals surface area contributed by atoms with Crippen LogP contribution in [-0.4, -0.2) is 24.8 Å². The topological polar surface area (TPSA) is 74.6 Å². The normalized spacial score (nSPS) is 9.00. The zero-order valence-corrected chi connectivity index (χ0v) is 5.64. The van der Waals surface area contributed by atoms with E-state index in [2.05, 4.69) is 13.6 Å². The standard InChI is InChI=1S/C2H7B.H2O4S/c1-3-2;1-5(2,3)4/h3H,1-2H3;(H2,1,2,3,4). The van der Waals surface area contributed by atoms with Crippen LogP contribution in [0.25, 0.3) is 0 Å². The Labute approximate surface area is 49.7 Å². The summed E-state index contributed by atoms with van der Waals surface area (Å²) in [6.07, 6.45) is 0. The Morgan fingerprint density at radius 1 is 1.25 bits per heavy atom. The monoisotopic (exact) mass is 140 g/mol. The van der Waals surface area contributed by atoms with Crippen LogP contribution in [0.3, 0.4) is 0 Å². The number of rotatable bonds is 0. The molecule has 0 aliphatic carbocycles. The molecule has 50 valence electrons. The van der Waals surface area contributed by atoms with Gasteiger partial charge in [0.25, 0.3) is 0 Å². The average Bonchev–Trinajstić information content (AvgIpc) is 1.27. The Hall–Kier alpha value is -0.0651. The summed E-state index contributed by atoms with van der Waals surface area (Å²) in [7, 11) is -3.42. The molecule has 0 rings (SSSR count). The van der Waals surface area contributed by atoms with Gasteiger partial charge in [0.2, 0.25) is 0 Å². The molecule has 0 aromatic heterocycles. The second-order valence-corrected chi connectivity index (χ2v) is 2.05. The Morgan fingerprint density at radius 3 is 1.25 bits per heavy atom. The summed E-state index contributed by atoms with van der Waals surface area (Å²) >= 11 is 0. The molecule has 0 unspecified atom stereocenters. The third kappa shape index (κ3) is 34100. The summed E-state index contributed by atoms with van der Waals surface area (Å²) in [5, 5.41) is 0. The summed E-state index contributed by atoms with van der Waals surface area (Å²) in [6.45, 7) is 4.25. The van der Waals surface area contributed by atoms with Crippen LogP contribution in [0.5, 0.6) is 0 Å². The maximum Gasteiger partial charge on any atom is 0.394 e. The van der Waals surface area contributed by atoms with Crippen LogP contribution in [0, 0.1) is 0 Å². The molecule has 2 N–H and O–H groups in total. The lowest BCUT2D eigenvalue weighted by Crippen LogP contribution is -1.89. The SMILES string of the molecule is CBC.O=S(=O)(O)O. The fraction of sp³-hybridized carbons (Fsp3) is 1.00. The van der Waals surface area contributed by atoms with Gasteiger partial charge in [-0.25, -0.2) is 0 Å². The second kappa shape index (κ2) is 5.08. The van der Waals surface area contributed by atoms with Crippen molar-refractivity contribution in [3.8, 4) is 0 Å². The van der Waals surface area contributed by atoms with Crippen LogP contribution in [0.1, 0.15) is 0 Å². The predicted octanol–water partition coefficient (Wildman–Crippen LogP) is -0.134. The molecule has 0 fully saturated rings. The van der Waals surface area contributed by atoms with Crippen LogP contribution in [0.15, 0.2) is 0 Å². The molecule has 4 nitrogen and oxygen atoms in total. The van der Waals surface area contributed by atoms with Crippen LogP contribution in [0.2, 0.25) is 13.6 Å². The minimum Gasteiger partial charge on any atom is -0.264 e. The first-order valence-corrected chi connectivity index (χ1v) is 3.51. The van der Waals surface area contributed by atoms with E-state index in [-0.39, 0.29) is 0 Å². The van der Waals surface area contributed by atoms with Gasteiger partial charge in [-0.1, -0.05) is 13.6 Å². The molecule has 8 heavy (non-hydrogen) atoms. The van der Waals surface area contributed by atoms with Gasteiger partial charge in [-0.05, 0) is 0 Å². The predicted molar refractivity (Wildman–Crippen MR) is 33.1 cm³/mol. The third-order valence-corrected chi connectivity index (χ3v) is 0. The van der Waals surface area contributed by atoms with E-state index in [0.29, 0.717) is 0 Å². The molecule has 0 bridgehead atoms. The highest BCUT2D eigenvalue weighted by Crippen LogP contribution is 1.59. The van der Waals surface area contributed by atoms with E-state index in [1.807, 2.05) is 0 Å². The molecule has 0 heterocycles. The van der Waals surface area contributed by atoms with Crippen LogP contribution in [0.4, 0.5) is 0 Å². The van der Waals surface area contributed by atoms with Gasteiger partial charge in [0.1, 0.15) is 7.28 Å². The van der Waals surface area contributed by atoms with Crippen LogP contribution in [-0.2, 0) is 10.4 Å². The maximum atomic E-state index is 8.74. The quantitative estimate of drug-likeness (QED) is 0.363. The van der Waals surface area contributed by atoms with Crippen LogP contribution >= 0.6 is 0 Å². The number of hydrogen-bond donors (Lipinski definition) is 2. The fourth-order valence-electron chi connectivity index (χ4n) is 0. The molecule has 0 saturated heterocycles. The summed E-state index contributed by atoms with van der Waals surface area (Å²) < 4.78 is 31.6. The first-order valence-electron chi connectivity index (χ1n) is 2.11. The molecule has 0 aromatic rings. The Kier molecular flexibility index (Phi) is 6.88. The van der Waals surface area contributed by atoms with E-state index in [9.17, 15) is 0 Å². The summed E-state index contributed by atoms with van der Waals surface area (Å²) in [4.78, 5) is 0. The third-order valence-electron chi connectivity index (χ3n) is 0. The largest absolute Gasteiger partial charge is 0.394 e. The van der Waals surface area contributed by atoms with Gasteiger partial charge >= 0.3 is 10.4 Å². The van der Waals surface area contributed by atoms with Gasteiger partial charge < -0.3 is 0 Å². The van der Waals surface area contributed by atoms with Crippen molar-refractivity contribution in [2.75, 3.05) is 0 Å². The van der Waals surface area contributed by atoms with Crippen molar-refractivity contribution in [3.63, 3.8) is 0 Å². The summed E-state index contributed by atoms with van der Waals surface area (Å²) in [5.41, 5.74) is 0. The lowest BCUT2D eigenvalue weighted by atomic mass is 9.88. The molecule has 0 aliphatic rings. The van der Waals surface area contributed by atoms with E-state index in [1.54, 1.807) is 0 Å². The minimum absolute atomic E-state index is 1.25. The second-order valence-electron chi connectivity index (χ2n) is 1.15. The van der Waals surface area contributed by atoms with Crippen molar-refractivity contribution in [1.29, 1.82) is 0 Å². The van der Waals surface area contributed by atoms with Crippen molar-refractivity contribution < 1.29 is 17.5 Å². The number of hydrogen-bond acceptors (Lipinski definition) is 2. The van der Waals surface area contributed by atoms with Crippen molar-refractivity contribution in [3.05, 3.63) is 0 Å². The highest BCUT2D eigenvalue weighted by atomic mass is 32.3. The molecule has 0 atom stereocenters. The van der Waals surface area contributed by atoms with Crippen molar-refractivity contribution in [2.24, 2.45) is 0 Å². The van der Waals surface area contributed by atoms with Gasteiger partial charge in [0.15, 0.2) is 0 Å². The summed E-state index contributed by atoms with van der Waals surface area (Å²) in [5.74, 6) is 0. The molecule has 0 amide bonds. The van der Waals surface area contributed by atoms with Crippen molar-refractivity contribution >= 4 is 17.7 Å². The zero-order valence-electron chi connectivity index (χ0n) is 4.83. The molecule has 0 aromatic carbocycles. The van der Waals surface area contributed by atoms with Gasteiger partial charge in [-0.15, -0.1) is 0 Å². The van der Waals surface area contributed by atoms with E-state index in [4.69, 9.17) is 17.5 Å². The summed E-state index contributed by atoms with van der Waals surface area (Å²) in [6, 6.07) is 0. The van der Waals surface area contributed by atoms with Crippen LogP contribution < -0.4 is 0 Å². The average molecular weight is 140 g/mol. The molecule has 0 radical (unpaired) electrons. The zero-order chi connectivity index (χ0) is 7.21. The molecular weight excluding hydrogens is 131 g/mol. The lowest BCUT2D eigenvalue weighted by Gasteiger charge is -1.68. The van der Waals surface area contributed by atoms with Gasteiger partial charge in [0.05, 0.1) is 0 Å². The van der Waals surface area contributed by atoms with E-state index in [0.717, 1.165) is 0 Å². The highest BCUT2D eigenvalue weighted by molar-refractivity contribution is 7.79. The Balaban J connectivity index is 0. The highest BCUT2D eigenvalue weighted by Gasteiger charge is 1.84. The van der Waals surface area contributed by atoms with Gasteiger partial charge in [-0.2, -0.15) is 8.42 Å². The molecule has 6 heteroatoms. The molecule has 0 saturated carbocycles. The van der Waals surface area contributed by atoms with Crippen molar-refractivity contribution in [2.45, 2.75) is 13.6 Å². The van der Waals surface area contributed by atoms with E-state index >= 15 is 0 Å².